The molecule has 2 aromatic carbocycles. The number of carbonyl (C=O) groups is 1. The van der Waals surface area contributed by atoms with Crippen LogP contribution in [0, 0.1) is 11.6 Å². The van der Waals surface area contributed by atoms with Gasteiger partial charge in [0.2, 0.25) is 0 Å². The summed E-state index contributed by atoms with van der Waals surface area (Å²) in [6.45, 7) is 6.15. The maximum atomic E-state index is 13.1. The zero-order valence-corrected chi connectivity index (χ0v) is 19.1. The first-order valence-corrected chi connectivity index (χ1v) is 11.6. The molecule has 4 rings (SSSR count). The standard InChI is InChI=1S/C25H31F2N3O4/c26-20-3-1-19(2-4-20)25(32)30-11-9-28(10-12-30)16-24-17-29(13-14-33-24)15-22(31)18-34-23-7-5-21(27)6-8-23/h1-8,22,24,31H,9-18H2. The average Bonchev–Trinajstić information content (AvgIpc) is 2.84. The molecule has 0 saturated carbocycles. The molecule has 2 aromatic rings. The Labute approximate surface area is 198 Å². The molecule has 2 fully saturated rings. The monoisotopic (exact) mass is 475 g/mol. The Kier molecular flexibility index (Phi) is 8.44. The molecule has 2 saturated heterocycles. The van der Waals surface area contributed by atoms with Crippen LogP contribution in [0.5, 0.6) is 5.75 Å². The van der Waals surface area contributed by atoms with Gasteiger partial charge >= 0.3 is 0 Å². The highest BCUT2D eigenvalue weighted by molar-refractivity contribution is 5.94. The van der Waals surface area contributed by atoms with Crippen molar-refractivity contribution in [3.63, 3.8) is 0 Å². The van der Waals surface area contributed by atoms with Crippen molar-refractivity contribution < 1.29 is 28.2 Å². The van der Waals surface area contributed by atoms with Crippen LogP contribution in [0.15, 0.2) is 48.5 Å². The highest BCUT2D eigenvalue weighted by Crippen LogP contribution is 2.14. The molecular weight excluding hydrogens is 444 g/mol. The molecule has 0 spiro atoms. The van der Waals surface area contributed by atoms with Gasteiger partial charge in [0.15, 0.2) is 0 Å². The van der Waals surface area contributed by atoms with Crippen LogP contribution in [0.3, 0.4) is 0 Å². The molecule has 1 amide bonds. The van der Waals surface area contributed by atoms with E-state index in [1.165, 1.54) is 36.4 Å². The first-order chi connectivity index (χ1) is 16.5. The van der Waals surface area contributed by atoms with E-state index in [9.17, 15) is 18.7 Å². The van der Waals surface area contributed by atoms with Crippen molar-refractivity contribution in [3.8, 4) is 5.75 Å². The van der Waals surface area contributed by atoms with E-state index in [-0.39, 0.29) is 30.3 Å². The van der Waals surface area contributed by atoms with Crippen molar-refractivity contribution in [1.82, 2.24) is 14.7 Å². The lowest BCUT2D eigenvalue weighted by Crippen LogP contribution is -2.54. The molecule has 2 atom stereocenters. The normalized spacial score (nSPS) is 20.8. The summed E-state index contributed by atoms with van der Waals surface area (Å²) in [6.07, 6.45) is -0.636. The quantitative estimate of drug-likeness (QED) is 0.629. The van der Waals surface area contributed by atoms with E-state index in [1.807, 2.05) is 0 Å². The number of ether oxygens (including phenoxy) is 2. The average molecular weight is 476 g/mol. The van der Waals surface area contributed by atoms with Crippen LogP contribution in [0.1, 0.15) is 10.4 Å². The molecule has 0 aromatic heterocycles. The lowest BCUT2D eigenvalue weighted by atomic mass is 10.1. The van der Waals surface area contributed by atoms with E-state index in [0.29, 0.717) is 44.1 Å². The number of hydrogen-bond donors (Lipinski definition) is 1. The summed E-state index contributed by atoms with van der Waals surface area (Å²) < 4.78 is 37.6. The molecule has 1 N–H and O–H groups in total. The second kappa shape index (κ2) is 11.7. The highest BCUT2D eigenvalue weighted by atomic mass is 19.1. The number of aliphatic hydroxyl groups excluding tert-OH is 1. The smallest absolute Gasteiger partial charge is 0.253 e. The minimum Gasteiger partial charge on any atom is -0.491 e. The topological polar surface area (TPSA) is 65.5 Å². The van der Waals surface area contributed by atoms with Crippen LogP contribution in [-0.2, 0) is 4.74 Å². The molecule has 2 heterocycles. The predicted octanol–water partition coefficient (Wildman–Crippen LogP) is 1.86. The van der Waals surface area contributed by atoms with Crippen molar-refractivity contribution in [1.29, 1.82) is 0 Å². The minimum atomic E-state index is -0.662. The van der Waals surface area contributed by atoms with Gasteiger partial charge in [0.05, 0.1) is 12.7 Å². The number of carbonyl (C=O) groups excluding carboxylic acids is 1. The van der Waals surface area contributed by atoms with Gasteiger partial charge in [-0.1, -0.05) is 0 Å². The molecule has 2 aliphatic rings. The van der Waals surface area contributed by atoms with E-state index in [2.05, 4.69) is 9.80 Å². The first-order valence-electron chi connectivity index (χ1n) is 11.6. The van der Waals surface area contributed by atoms with Crippen LogP contribution in [-0.4, -0.2) is 103 Å². The lowest BCUT2D eigenvalue weighted by Gasteiger charge is -2.39. The second-order valence-electron chi connectivity index (χ2n) is 8.77. The Balaban J connectivity index is 1.17. The number of amides is 1. The molecule has 2 unspecified atom stereocenters. The number of morpholine rings is 1. The van der Waals surface area contributed by atoms with Crippen molar-refractivity contribution in [2.24, 2.45) is 0 Å². The number of hydrogen-bond acceptors (Lipinski definition) is 6. The predicted molar refractivity (Wildman–Crippen MR) is 123 cm³/mol. The van der Waals surface area contributed by atoms with Gasteiger partial charge in [-0.3, -0.25) is 14.6 Å². The summed E-state index contributed by atoms with van der Waals surface area (Å²) in [5.41, 5.74) is 0.503. The Bertz CT molecular complexity index is 921. The number of aliphatic hydroxyl groups is 1. The first kappa shape index (κ1) is 24.5. The molecule has 0 aliphatic carbocycles. The number of benzene rings is 2. The fourth-order valence-electron chi connectivity index (χ4n) is 4.33. The largest absolute Gasteiger partial charge is 0.491 e. The second-order valence-corrected chi connectivity index (χ2v) is 8.77. The van der Waals surface area contributed by atoms with Gasteiger partial charge in [-0.2, -0.15) is 0 Å². The molecular formula is C25H31F2N3O4. The molecule has 184 valence electrons. The van der Waals surface area contributed by atoms with Crippen LogP contribution in [0.4, 0.5) is 8.78 Å². The van der Waals surface area contributed by atoms with E-state index in [1.54, 1.807) is 17.0 Å². The van der Waals surface area contributed by atoms with E-state index in [4.69, 9.17) is 9.47 Å². The Morgan fingerprint density at radius 3 is 2.29 bits per heavy atom. The lowest BCUT2D eigenvalue weighted by molar-refractivity contribution is -0.0591. The summed E-state index contributed by atoms with van der Waals surface area (Å²) >= 11 is 0. The Morgan fingerprint density at radius 1 is 0.971 bits per heavy atom. The fraction of sp³-hybridized carbons (Fsp3) is 0.480. The summed E-state index contributed by atoms with van der Waals surface area (Å²) in [6, 6.07) is 11.4. The molecule has 0 radical (unpaired) electrons. The van der Waals surface area contributed by atoms with Gasteiger partial charge in [0, 0.05) is 57.9 Å². The van der Waals surface area contributed by atoms with Crippen molar-refractivity contribution in [2.75, 3.05) is 65.6 Å². The Morgan fingerprint density at radius 2 is 1.62 bits per heavy atom. The number of nitrogens with zero attached hydrogens (tertiary/aromatic N) is 3. The zero-order chi connectivity index (χ0) is 23.9. The third kappa shape index (κ3) is 6.96. The third-order valence-corrected chi connectivity index (χ3v) is 6.16. The summed E-state index contributed by atoms with van der Waals surface area (Å²) in [5.74, 6) is -0.224. The van der Waals surface area contributed by atoms with Gasteiger partial charge in [0.1, 0.15) is 30.1 Å². The number of rotatable bonds is 8. The molecule has 34 heavy (non-hydrogen) atoms. The molecule has 9 heteroatoms. The van der Waals surface area contributed by atoms with Gasteiger partial charge in [-0.15, -0.1) is 0 Å². The van der Waals surface area contributed by atoms with E-state index < -0.39 is 6.10 Å². The highest BCUT2D eigenvalue weighted by Gasteiger charge is 2.27. The van der Waals surface area contributed by atoms with Crippen LogP contribution < -0.4 is 4.74 Å². The molecule has 2 aliphatic heterocycles. The van der Waals surface area contributed by atoms with Crippen molar-refractivity contribution >= 4 is 5.91 Å². The van der Waals surface area contributed by atoms with Crippen molar-refractivity contribution in [2.45, 2.75) is 12.2 Å². The van der Waals surface area contributed by atoms with Gasteiger partial charge in [-0.25, -0.2) is 8.78 Å². The SMILES string of the molecule is O=C(c1ccc(F)cc1)N1CCN(CC2CN(CC(O)COc3ccc(F)cc3)CCO2)CC1. The van der Waals surface area contributed by atoms with Crippen LogP contribution >= 0.6 is 0 Å². The number of halogens is 2. The Hall–Kier alpha value is -2.59. The maximum absolute atomic E-state index is 13.1. The summed E-state index contributed by atoms with van der Waals surface area (Å²) in [5, 5.41) is 10.4. The van der Waals surface area contributed by atoms with Crippen LogP contribution in [0.25, 0.3) is 0 Å². The molecule has 7 nitrogen and oxygen atoms in total. The van der Waals surface area contributed by atoms with Crippen LogP contribution in [0.2, 0.25) is 0 Å². The summed E-state index contributed by atoms with van der Waals surface area (Å²) in [7, 11) is 0. The minimum absolute atomic E-state index is 0.0262. The van der Waals surface area contributed by atoms with Gasteiger partial charge < -0.3 is 19.5 Å². The summed E-state index contributed by atoms with van der Waals surface area (Å²) in [4.78, 5) is 18.9. The van der Waals surface area contributed by atoms with Gasteiger partial charge in [-0.05, 0) is 48.5 Å². The van der Waals surface area contributed by atoms with Gasteiger partial charge in [0.25, 0.3) is 5.91 Å². The van der Waals surface area contributed by atoms with Crippen molar-refractivity contribution in [3.05, 3.63) is 65.7 Å². The molecule has 0 bridgehead atoms. The fourth-order valence-corrected chi connectivity index (χ4v) is 4.33. The number of β-amino-alcohol motifs (C(OH)–C–C–N with tert-alkyl or cyclic N) is 1. The van der Waals surface area contributed by atoms with E-state index >= 15 is 0 Å². The third-order valence-electron chi connectivity index (χ3n) is 6.16. The maximum Gasteiger partial charge on any atom is 0.253 e. The zero-order valence-electron chi connectivity index (χ0n) is 19.1. The number of piperazine rings is 1. The van der Waals surface area contributed by atoms with E-state index in [0.717, 1.165) is 26.2 Å².